The molecule has 0 saturated heterocycles. The summed E-state index contributed by atoms with van der Waals surface area (Å²) < 4.78 is 1.54. The lowest BCUT2D eigenvalue weighted by Gasteiger charge is -2.28. The molecule has 0 radical (unpaired) electrons. The van der Waals surface area contributed by atoms with Gasteiger partial charge in [-0.05, 0) is 32.7 Å². The van der Waals surface area contributed by atoms with Crippen LogP contribution in [0.2, 0.25) is 0 Å². The molecule has 1 fully saturated rings. The topological polar surface area (TPSA) is 71.8 Å². The predicted octanol–water partition coefficient (Wildman–Crippen LogP) is -0.0751. The van der Waals surface area contributed by atoms with Gasteiger partial charge in [-0.15, -0.1) is 5.10 Å². The van der Waals surface area contributed by atoms with Crippen LogP contribution in [0.15, 0.2) is 12.4 Å². The van der Waals surface area contributed by atoms with Gasteiger partial charge in [-0.1, -0.05) is 5.21 Å². The summed E-state index contributed by atoms with van der Waals surface area (Å²) in [6, 6.07) is 0.925. The Morgan fingerprint density at radius 3 is 2.65 bits per heavy atom. The molecule has 0 spiro atoms. The van der Waals surface area contributed by atoms with Gasteiger partial charge in [0.05, 0.1) is 6.20 Å². The number of hydrogen-bond donors (Lipinski definition) is 2. The maximum absolute atomic E-state index is 11.7. The zero-order valence-electron chi connectivity index (χ0n) is 10.1. The highest BCUT2D eigenvalue weighted by Crippen LogP contribution is 2.18. The highest BCUT2D eigenvalue weighted by atomic mass is 16.2. The van der Waals surface area contributed by atoms with Crippen LogP contribution < -0.4 is 10.6 Å². The van der Waals surface area contributed by atoms with Gasteiger partial charge in [0.2, 0.25) is 5.91 Å². The first-order valence-corrected chi connectivity index (χ1v) is 6.08. The molecule has 0 aliphatic heterocycles. The van der Waals surface area contributed by atoms with Gasteiger partial charge in [-0.25, -0.2) is 4.68 Å². The third kappa shape index (κ3) is 3.52. The number of rotatable bonds is 4. The molecule has 2 rings (SSSR count). The first-order valence-electron chi connectivity index (χ1n) is 6.08. The fourth-order valence-electron chi connectivity index (χ4n) is 2.26. The second-order valence-electron chi connectivity index (χ2n) is 4.51. The van der Waals surface area contributed by atoms with Gasteiger partial charge in [0, 0.05) is 18.3 Å². The van der Waals surface area contributed by atoms with Crippen molar-refractivity contribution in [3.8, 4) is 0 Å². The van der Waals surface area contributed by atoms with Crippen molar-refractivity contribution >= 4 is 5.91 Å². The first kappa shape index (κ1) is 12.0. The third-order valence-corrected chi connectivity index (χ3v) is 3.28. The molecule has 0 aromatic carbocycles. The molecule has 0 atom stereocenters. The number of hydrogen-bond acceptors (Lipinski definition) is 4. The van der Waals surface area contributed by atoms with Gasteiger partial charge in [-0.3, -0.25) is 4.79 Å². The molecule has 1 aliphatic rings. The Bertz CT molecular complexity index is 343. The summed E-state index contributed by atoms with van der Waals surface area (Å²) in [5, 5.41) is 13.8. The van der Waals surface area contributed by atoms with Gasteiger partial charge >= 0.3 is 0 Å². The van der Waals surface area contributed by atoms with Crippen LogP contribution in [0.3, 0.4) is 0 Å². The van der Waals surface area contributed by atoms with E-state index >= 15 is 0 Å². The Morgan fingerprint density at radius 1 is 1.35 bits per heavy atom. The van der Waals surface area contributed by atoms with Crippen LogP contribution in [0.25, 0.3) is 0 Å². The van der Waals surface area contributed by atoms with Crippen LogP contribution >= 0.6 is 0 Å². The number of amides is 1. The van der Waals surface area contributed by atoms with Gasteiger partial charge in [0.25, 0.3) is 0 Å². The van der Waals surface area contributed by atoms with Crippen molar-refractivity contribution in [3.05, 3.63) is 12.4 Å². The number of nitrogens with zero attached hydrogens (tertiary/aromatic N) is 3. The monoisotopic (exact) mass is 237 g/mol. The third-order valence-electron chi connectivity index (χ3n) is 3.28. The summed E-state index contributed by atoms with van der Waals surface area (Å²) >= 11 is 0. The number of nitrogens with one attached hydrogen (secondary N) is 2. The van der Waals surface area contributed by atoms with Crippen LogP contribution in [0, 0.1) is 0 Å². The quantitative estimate of drug-likeness (QED) is 0.768. The lowest BCUT2D eigenvalue weighted by molar-refractivity contribution is -0.122. The molecule has 1 heterocycles. The predicted molar refractivity (Wildman–Crippen MR) is 63.3 cm³/mol. The average molecular weight is 237 g/mol. The van der Waals surface area contributed by atoms with Crippen LogP contribution in [-0.2, 0) is 11.3 Å². The average Bonchev–Trinajstić information content (AvgIpc) is 2.82. The van der Waals surface area contributed by atoms with E-state index in [0.29, 0.717) is 12.1 Å². The molecule has 94 valence electrons. The minimum atomic E-state index is 0.0170. The lowest BCUT2D eigenvalue weighted by Crippen LogP contribution is -2.42. The maximum atomic E-state index is 11.7. The molecule has 6 nitrogen and oxygen atoms in total. The zero-order chi connectivity index (χ0) is 12.1. The van der Waals surface area contributed by atoms with Gasteiger partial charge < -0.3 is 10.6 Å². The minimum Gasteiger partial charge on any atom is -0.352 e. The minimum absolute atomic E-state index is 0.0170. The van der Waals surface area contributed by atoms with E-state index in [1.54, 1.807) is 12.4 Å². The number of carbonyl (C=O) groups is 1. The summed E-state index contributed by atoms with van der Waals surface area (Å²) in [5.74, 6) is 0.0170. The molecule has 1 aromatic heterocycles. The summed E-state index contributed by atoms with van der Waals surface area (Å²) in [5.41, 5.74) is 0. The molecule has 1 aliphatic carbocycles. The largest absolute Gasteiger partial charge is 0.352 e. The molecule has 1 aromatic rings. The summed E-state index contributed by atoms with van der Waals surface area (Å²) in [7, 11) is 1.99. The molecule has 6 heteroatoms. The molecule has 0 unspecified atom stereocenters. The van der Waals surface area contributed by atoms with E-state index in [1.807, 2.05) is 7.05 Å². The Morgan fingerprint density at radius 2 is 2.06 bits per heavy atom. The van der Waals surface area contributed by atoms with E-state index in [4.69, 9.17) is 0 Å². The molecule has 1 amide bonds. The number of carbonyl (C=O) groups excluding carboxylic acids is 1. The fraction of sp³-hybridized carbons (Fsp3) is 0.727. The molecule has 2 N–H and O–H groups in total. The second-order valence-corrected chi connectivity index (χ2v) is 4.51. The van der Waals surface area contributed by atoms with Crippen molar-refractivity contribution in [3.63, 3.8) is 0 Å². The van der Waals surface area contributed by atoms with Crippen molar-refractivity contribution in [2.45, 2.75) is 44.3 Å². The zero-order valence-corrected chi connectivity index (χ0v) is 10.1. The van der Waals surface area contributed by atoms with Crippen molar-refractivity contribution in [1.82, 2.24) is 25.6 Å². The fourth-order valence-corrected chi connectivity index (χ4v) is 2.26. The summed E-state index contributed by atoms with van der Waals surface area (Å²) in [4.78, 5) is 11.7. The molecular weight excluding hydrogens is 218 g/mol. The smallest absolute Gasteiger partial charge is 0.242 e. The summed E-state index contributed by atoms with van der Waals surface area (Å²) in [6.45, 7) is 0.256. The van der Waals surface area contributed by atoms with Crippen LogP contribution in [0.4, 0.5) is 0 Å². The Balaban J connectivity index is 1.72. The van der Waals surface area contributed by atoms with Crippen molar-refractivity contribution in [2.75, 3.05) is 7.05 Å². The number of aromatic nitrogens is 3. The van der Waals surface area contributed by atoms with Crippen molar-refractivity contribution in [2.24, 2.45) is 0 Å². The second kappa shape index (κ2) is 5.77. The van der Waals surface area contributed by atoms with E-state index in [2.05, 4.69) is 20.9 Å². The first-order chi connectivity index (χ1) is 8.28. The molecular formula is C11H19N5O. The highest BCUT2D eigenvalue weighted by molar-refractivity contribution is 5.75. The highest BCUT2D eigenvalue weighted by Gasteiger charge is 2.21. The molecule has 1 saturated carbocycles. The van der Waals surface area contributed by atoms with E-state index in [9.17, 15) is 4.79 Å². The summed E-state index contributed by atoms with van der Waals surface area (Å²) in [6.07, 6.45) is 7.63. The maximum Gasteiger partial charge on any atom is 0.242 e. The van der Waals surface area contributed by atoms with Gasteiger partial charge in [0.1, 0.15) is 6.54 Å². The van der Waals surface area contributed by atoms with Crippen LogP contribution in [0.5, 0.6) is 0 Å². The van der Waals surface area contributed by atoms with Crippen LogP contribution in [-0.4, -0.2) is 40.0 Å². The van der Waals surface area contributed by atoms with Crippen molar-refractivity contribution in [1.29, 1.82) is 0 Å². The Kier molecular flexibility index (Phi) is 4.08. The molecule has 0 bridgehead atoms. The van der Waals surface area contributed by atoms with Crippen LogP contribution in [0.1, 0.15) is 25.7 Å². The van der Waals surface area contributed by atoms with Gasteiger partial charge in [-0.2, -0.15) is 0 Å². The standard InChI is InChI=1S/C11H19N5O/c1-12-9-2-4-10(5-3-9)14-11(17)8-16-7-6-13-15-16/h6-7,9-10,12H,2-5,8H2,1H3,(H,14,17). The van der Waals surface area contributed by atoms with E-state index in [1.165, 1.54) is 4.68 Å². The van der Waals surface area contributed by atoms with E-state index in [0.717, 1.165) is 25.7 Å². The molecule has 17 heavy (non-hydrogen) atoms. The SMILES string of the molecule is CNC1CCC(NC(=O)Cn2ccnn2)CC1. The Hall–Kier alpha value is -1.43. The lowest BCUT2D eigenvalue weighted by atomic mass is 9.91. The van der Waals surface area contributed by atoms with E-state index in [-0.39, 0.29) is 12.5 Å². The normalized spacial score (nSPS) is 24.5. The van der Waals surface area contributed by atoms with Gasteiger partial charge in [0.15, 0.2) is 0 Å². The van der Waals surface area contributed by atoms with E-state index < -0.39 is 0 Å². The Labute approximate surface area is 101 Å². The van der Waals surface area contributed by atoms with Crippen molar-refractivity contribution < 1.29 is 4.79 Å².